The summed E-state index contributed by atoms with van der Waals surface area (Å²) < 4.78 is 5.71. The van der Waals surface area contributed by atoms with Crippen molar-refractivity contribution in [3.8, 4) is 11.5 Å². The normalized spacial score (nSPS) is 14.6. The highest BCUT2D eigenvalue weighted by Crippen LogP contribution is 2.21. The van der Waals surface area contributed by atoms with Crippen molar-refractivity contribution in [2.75, 3.05) is 13.2 Å². The van der Waals surface area contributed by atoms with Crippen molar-refractivity contribution >= 4 is 10.8 Å². The number of hydrogen-bond acceptors (Lipinski definition) is 4. The van der Waals surface area contributed by atoms with E-state index in [0.717, 1.165) is 22.1 Å². The van der Waals surface area contributed by atoms with Crippen LogP contribution < -0.4 is 10.1 Å². The zero-order valence-corrected chi connectivity index (χ0v) is 15.3. The molecule has 0 aromatic heterocycles. The Labute approximate surface area is 158 Å². The van der Waals surface area contributed by atoms with Crippen LogP contribution in [0.2, 0.25) is 0 Å². The first-order chi connectivity index (χ1) is 13.0. The van der Waals surface area contributed by atoms with Gasteiger partial charge in [-0.05, 0) is 47.5 Å². The Bertz CT molecular complexity index is 866. The molecule has 5 nitrogen and oxygen atoms in total. The largest absolute Gasteiger partial charge is 0.508 e. The molecule has 0 aliphatic carbocycles. The zero-order valence-electron chi connectivity index (χ0n) is 15.3. The fourth-order valence-electron chi connectivity index (χ4n) is 2.99. The first-order valence-corrected chi connectivity index (χ1v) is 9.13. The summed E-state index contributed by atoms with van der Waals surface area (Å²) in [7, 11) is 0. The topological polar surface area (TPSA) is 86.5 Å². The molecule has 0 saturated heterocycles. The van der Waals surface area contributed by atoms with Gasteiger partial charge in [0.1, 0.15) is 42.9 Å². The molecular formula is C22H26NO4+. The minimum atomic E-state index is -0.681. The molecule has 5 N–H and O–H groups in total. The summed E-state index contributed by atoms with van der Waals surface area (Å²) in [6.45, 7) is 2.51. The molecule has 3 aromatic carbocycles. The smallest absolute Gasteiger partial charge is 0.137 e. The molecule has 0 fully saturated rings. The van der Waals surface area contributed by atoms with Gasteiger partial charge >= 0.3 is 0 Å². The maximum absolute atomic E-state index is 10.4. The van der Waals surface area contributed by atoms with Crippen LogP contribution in [0.25, 0.3) is 10.8 Å². The molecule has 0 unspecified atom stereocenters. The second kappa shape index (κ2) is 8.86. The van der Waals surface area contributed by atoms with Crippen molar-refractivity contribution in [3.05, 3.63) is 72.3 Å². The van der Waals surface area contributed by atoms with Crippen LogP contribution in [0.4, 0.5) is 0 Å². The van der Waals surface area contributed by atoms with Crippen molar-refractivity contribution in [2.24, 2.45) is 0 Å². The van der Waals surface area contributed by atoms with Gasteiger partial charge in [-0.25, -0.2) is 0 Å². The molecule has 0 aliphatic heterocycles. The van der Waals surface area contributed by atoms with Gasteiger partial charge in [-0.15, -0.1) is 0 Å². The first kappa shape index (κ1) is 19.2. The maximum Gasteiger partial charge on any atom is 0.137 e. The van der Waals surface area contributed by atoms with Crippen molar-refractivity contribution in [1.29, 1.82) is 0 Å². The second-order valence-electron chi connectivity index (χ2n) is 6.84. The van der Waals surface area contributed by atoms with Crippen molar-refractivity contribution < 1.29 is 25.4 Å². The van der Waals surface area contributed by atoms with Gasteiger partial charge in [-0.1, -0.05) is 42.5 Å². The predicted molar refractivity (Wildman–Crippen MR) is 105 cm³/mol. The van der Waals surface area contributed by atoms with E-state index in [-0.39, 0.29) is 18.4 Å². The fourth-order valence-corrected chi connectivity index (χ4v) is 2.99. The van der Waals surface area contributed by atoms with Crippen molar-refractivity contribution in [3.63, 3.8) is 0 Å². The maximum atomic E-state index is 10.4. The Hall–Kier alpha value is -2.60. The average Bonchev–Trinajstić information content (AvgIpc) is 2.70. The third-order valence-electron chi connectivity index (χ3n) is 4.68. The molecule has 3 aromatic rings. The summed E-state index contributed by atoms with van der Waals surface area (Å²) in [4.78, 5) is 0. The lowest BCUT2D eigenvalue weighted by Crippen LogP contribution is -2.92. The number of hydrogen-bond donors (Lipinski definition) is 4. The predicted octanol–water partition coefficient (Wildman–Crippen LogP) is 1.97. The SMILES string of the molecule is C[C@@H]([NH2+]C[C@H](O)COc1ccc2ccccc2c1)[C@H](O)c1ccc(O)cc1. The summed E-state index contributed by atoms with van der Waals surface area (Å²) in [5, 5.41) is 34.0. The number of aromatic hydroxyl groups is 1. The highest BCUT2D eigenvalue weighted by molar-refractivity contribution is 5.83. The molecule has 3 rings (SSSR count). The first-order valence-electron chi connectivity index (χ1n) is 9.13. The van der Waals surface area contributed by atoms with E-state index >= 15 is 0 Å². The number of phenols is 1. The zero-order chi connectivity index (χ0) is 19.2. The Morgan fingerprint density at radius 3 is 2.37 bits per heavy atom. The molecule has 0 spiro atoms. The Balaban J connectivity index is 1.47. The van der Waals surface area contributed by atoms with Gasteiger partial charge in [0.2, 0.25) is 0 Å². The third-order valence-corrected chi connectivity index (χ3v) is 4.68. The number of benzene rings is 3. The van der Waals surface area contributed by atoms with Gasteiger partial charge in [0.15, 0.2) is 0 Å². The monoisotopic (exact) mass is 368 g/mol. The molecule has 0 amide bonds. The molecule has 0 heterocycles. The molecule has 5 heteroatoms. The van der Waals surface area contributed by atoms with E-state index < -0.39 is 12.2 Å². The van der Waals surface area contributed by atoms with Crippen LogP contribution in [0.1, 0.15) is 18.6 Å². The molecule has 0 saturated carbocycles. The third kappa shape index (κ3) is 5.20. The summed E-state index contributed by atoms with van der Waals surface area (Å²) >= 11 is 0. The van der Waals surface area contributed by atoms with Gasteiger partial charge in [0.05, 0.1) is 0 Å². The number of fused-ring (bicyclic) bond motifs is 1. The minimum Gasteiger partial charge on any atom is -0.508 e. The number of aliphatic hydroxyl groups excluding tert-OH is 2. The Kier molecular flexibility index (Phi) is 6.29. The number of phenolic OH excluding ortho intramolecular Hbond substituents is 1. The number of aliphatic hydroxyl groups is 2. The number of nitrogens with two attached hydrogens (primary N) is 1. The van der Waals surface area contributed by atoms with Crippen LogP contribution in [0.3, 0.4) is 0 Å². The molecule has 0 radical (unpaired) electrons. The molecule has 0 aliphatic rings. The van der Waals surface area contributed by atoms with E-state index in [9.17, 15) is 15.3 Å². The number of rotatable bonds is 8. The Morgan fingerprint density at radius 2 is 1.63 bits per heavy atom. The lowest BCUT2D eigenvalue weighted by molar-refractivity contribution is -0.699. The summed E-state index contributed by atoms with van der Waals surface area (Å²) in [6.07, 6.45) is -1.33. The lowest BCUT2D eigenvalue weighted by atomic mass is 10.0. The highest BCUT2D eigenvalue weighted by Gasteiger charge is 2.20. The summed E-state index contributed by atoms with van der Waals surface area (Å²) in [6, 6.07) is 20.3. The average molecular weight is 368 g/mol. The van der Waals surface area contributed by atoms with E-state index in [1.165, 1.54) is 0 Å². The van der Waals surface area contributed by atoms with Crippen LogP contribution in [-0.4, -0.2) is 40.6 Å². The van der Waals surface area contributed by atoms with Gasteiger partial charge in [0, 0.05) is 0 Å². The van der Waals surface area contributed by atoms with Gasteiger partial charge in [-0.3, -0.25) is 0 Å². The molecular weight excluding hydrogens is 342 g/mol. The Morgan fingerprint density at radius 1 is 0.926 bits per heavy atom. The number of ether oxygens (including phenoxy) is 1. The fraction of sp³-hybridized carbons (Fsp3) is 0.273. The van der Waals surface area contributed by atoms with Gasteiger partial charge < -0.3 is 25.4 Å². The van der Waals surface area contributed by atoms with Crippen molar-refractivity contribution in [1.82, 2.24) is 0 Å². The molecule has 27 heavy (non-hydrogen) atoms. The van der Waals surface area contributed by atoms with Crippen LogP contribution >= 0.6 is 0 Å². The molecule has 3 atom stereocenters. The van der Waals surface area contributed by atoms with Gasteiger partial charge in [0.25, 0.3) is 0 Å². The van der Waals surface area contributed by atoms with E-state index in [2.05, 4.69) is 0 Å². The van der Waals surface area contributed by atoms with Crippen LogP contribution in [-0.2, 0) is 0 Å². The van der Waals surface area contributed by atoms with Crippen LogP contribution in [0.15, 0.2) is 66.7 Å². The highest BCUT2D eigenvalue weighted by atomic mass is 16.5. The second-order valence-corrected chi connectivity index (χ2v) is 6.84. The van der Waals surface area contributed by atoms with Crippen LogP contribution in [0, 0.1) is 0 Å². The van der Waals surface area contributed by atoms with E-state index in [4.69, 9.17) is 4.74 Å². The standard InChI is InChI=1S/C22H25NO4/c1-15(22(26)17-6-9-19(24)10-7-17)23-13-20(25)14-27-21-11-8-16-4-2-3-5-18(16)12-21/h2-12,15,20,22-26H,13-14H2,1H3/p+1/t15-,20+,22+/m1/s1. The number of quaternary nitrogens is 1. The van der Waals surface area contributed by atoms with E-state index in [1.54, 1.807) is 24.3 Å². The quantitative estimate of drug-likeness (QED) is 0.490. The van der Waals surface area contributed by atoms with E-state index in [1.807, 2.05) is 54.7 Å². The molecule has 0 bridgehead atoms. The summed E-state index contributed by atoms with van der Waals surface area (Å²) in [5.41, 5.74) is 0.735. The molecule has 142 valence electrons. The van der Waals surface area contributed by atoms with Crippen LogP contribution in [0.5, 0.6) is 11.5 Å². The van der Waals surface area contributed by atoms with Gasteiger partial charge in [-0.2, -0.15) is 0 Å². The van der Waals surface area contributed by atoms with E-state index in [0.29, 0.717) is 6.54 Å². The lowest BCUT2D eigenvalue weighted by Gasteiger charge is -2.19. The van der Waals surface area contributed by atoms with Crippen molar-refractivity contribution in [2.45, 2.75) is 25.2 Å². The summed E-state index contributed by atoms with van der Waals surface area (Å²) in [5.74, 6) is 0.897. The minimum absolute atomic E-state index is 0.134.